The van der Waals surface area contributed by atoms with Gasteiger partial charge in [0.15, 0.2) is 0 Å². The number of aromatic nitrogens is 5. The molecule has 1 radical (unpaired) electrons. The number of benzene rings is 4. The Morgan fingerprint density at radius 2 is 1.43 bits per heavy atom. The number of rotatable bonds is 4. The van der Waals surface area contributed by atoms with E-state index in [2.05, 4.69) is 98.8 Å². The van der Waals surface area contributed by atoms with Gasteiger partial charge in [-0.15, -0.1) is 28.9 Å². The molecule has 6 rings (SSSR count). The second kappa shape index (κ2) is 9.41. The molecule has 4 aromatic carbocycles. The molecule has 0 fully saturated rings. The Kier molecular flexibility index (Phi) is 6.16. The van der Waals surface area contributed by atoms with Crippen LogP contribution in [0.1, 0.15) is 11.1 Å². The number of hydrogen-bond acceptors (Lipinski definition) is 3. The summed E-state index contributed by atoms with van der Waals surface area (Å²) >= 11 is 0. The number of imidazole rings is 1. The fourth-order valence-corrected chi connectivity index (χ4v) is 4.59. The molecule has 173 valence electrons. The molecule has 0 atom stereocenters. The van der Waals surface area contributed by atoms with Gasteiger partial charge in [-0.25, -0.2) is 0 Å². The smallest absolute Gasteiger partial charge is 0.114 e. The first-order valence-electron chi connectivity index (χ1n) is 11.2. The molecular formula is C29H22IrN5-. The molecule has 0 unspecified atom stereocenters. The average Bonchev–Trinajstić information content (AvgIpc) is 3.52. The van der Waals surface area contributed by atoms with E-state index in [0.29, 0.717) is 0 Å². The van der Waals surface area contributed by atoms with Gasteiger partial charge < -0.3 is 9.13 Å². The summed E-state index contributed by atoms with van der Waals surface area (Å²) in [7, 11) is 0. The van der Waals surface area contributed by atoms with Gasteiger partial charge in [0.25, 0.3) is 0 Å². The molecule has 35 heavy (non-hydrogen) atoms. The van der Waals surface area contributed by atoms with Crippen LogP contribution in [0.3, 0.4) is 0 Å². The quantitative estimate of drug-likeness (QED) is 0.213. The van der Waals surface area contributed by atoms with Gasteiger partial charge in [0.1, 0.15) is 6.33 Å². The van der Waals surface area contributed by atoms with E-state index in [-0.39, 0.29) is 20.1 Å². The van der Waals surface area contributed by atoms with Gasteiger partial charge in [0.05, 0.1) is 12.2 Å². The predicted molar refractivity (Wildman–Crippen MR) is 135 cm³/mol. The summed E-state index contributed by atoms with van der Waals surface area (Å²) < 4.78 is 4.14. The number of nitrogens with zero attached hydrogens (tertiary/aromatic N) is 5. The largest absolute Gasteiger partial charge is 0.322 e. The Balaban J connectivity index is 0.00000253. The number of fused-ring (bicyclic) bond motifs is 1. The van der Waals surface area contributed by atoms with E-state index in [9.17, 15) is 0 Å². The Hall–Kier alpha value is -3.86. The van der Waals surface area contributed by atoms with E-state index in [0.717, 1.165) is 44.9 Å². The molecule has 0 aliphatic carbocycles. The number of hydrogen-bond donors (Lipinski definition) is 0. The number of aryl methyl sites for hydroxylation is 2. The summed E-state index contributed by atoms with van der Waals surface area (Å²) in [5, 5.41) is 8.73. The summed E-state index contributed by atoms with van der Waals surface area (Å²) in [6.07, 6.45) is 3.62. The van der Waals surface area contributed by atoms with Crippen LogP contribution in [-0.2, 0) is 20.1 Å². The minimum Gasteiger partial charge on any atom is -0.322 e. The molecular weight excluding hydrogens is 611 g/mol. The van der Waals surface area contributed by atoms with Crippen LogP contribution in [0.4, 0.5) is 0 Å². The summed E-state index contributed by atoms with van der Waals surface area (Å²) in [5.74, 6) is 0.751. The van der Waals surface area contributed by atoms with E-state index < -0.39 is 0 Å². The summed E-state index contributed by atoms with van der Waals surface area (Å²) in [5.41, 5.74) is 9.64. The van der Waals surface area contributed by atoms with Gasteiger partial charge in [-0.3, -0.25) is 4.98 Å². The molecule has 0 saturated carbocycles. The Morgan fingerprint density at radius 3 is 2.14 bits per heavy atom. The van der Waals surface area contributed by atoms with Crippen molar-refractivity contribution in [3.63, 3.8) is 0 Å². The van der Waals surface area contributed by atoms with Crippen LogP contribution in [-0.4, -0.2) is 24.3 Å². The van der Waals surface area contributed by atoms with Crippen molar-refractivity contribution in [3.05, 3.63) is 115 Å². The molecule has 0 saturated heterocycles. The number of para-hydroxylation sites is 1. The van der Waals surface area contributed by atoms with Crippen molar-refractivity contribution in [2.24, 2.45) is 0 Å². The standard InChI is InChI=1S/C29H22N5.Ir/c1-20-15-24(22-9-5-3-6-10-22)16-21(2)28(20)34-19-31-32-29(34)23-13-14-26-27(17-23)33(18-30-26)25-11-7-4-8-12-25;/h3-12,14-19H,1-2H3;/q-1;. The zero-order valence-electron chi connectivity index (χ0n) is 19.3. The van der Waals surface area contributed by atoms with Crippen LogP contribution >= 0.6 is 0 Å². The monoisotopic (exact) mass is 633 g/mol. The molecule has 2 aromatic heterocycles. The van der Waals surface area contributed by atoms with Gasteiger partial charge in [-0.2, -0.15) is 5.10 Å². The Bertz CT molecular complexity index is 1590. The zero-order chi connectivity index (χ0) is 23.1. The van der Waals surface area contributed by atoms with E-state index in [1.54, 1.807) is 6.33 Å². The SMILES string of the molecule is Cc1cc(-c2ccccc2)cc(C)c1-n1cnnc1-c1[c-]cc2ncn(-c3ccccc3)c2c1.[Ir]. The molecule has 0 aliphatic rings. The van der Waals surface area contributed by atoms with Crippen LogP contribution in [0.2, 0.25) is 0 Å². The minimum absolute atomic E-state index is 0. The molecule has 6 aromatic rings. The first-order chi connectivity index (χ1) is 16.7. The van der Waals surface area contributed by atoms with Crippen molar-refractivity contribution in [2.75, 3.05) is 0 Å². The fraction of sp³-hybridized carbons (Fsp3) is 0.0690. The van der Waals surface area contributed by atoms with Crippen molar-refractivity contribution >= 4 is 11.0 Å². The van der Waals surface area contributed by atoms with E-state index in [1.165, 1.54) is 11.1 Å². The topological polar surface area (TPSA) is 48.5 Å². The van der Waals surface area contributed by atoms with Crippen molar-refractivity contribution in [1.82, 2.24) is 24.3 Å². The molecule has 5 nitrogen and oxygen atoms in total. The maximum absolute atomic E-state index is 4.55. The van der Waals surface area contributed by atoms with Gasteiger partial charge in [-0.05, 0) is 65.9 Å². The summed E-state index contributed by atoms with van der Waals surface area (Å²) in [6.45, 7) is 4.27. The van der Waals surface area contributed by atoms with Gasteiger partial charge in [0.2, 0.25) is 0 Å². The molecule has 0 bridgehead atoms. The van der Waals surface area contributed by atoms with Crippen LogP contribution in [0.15, 0.2) is 97.6 Å². The van der Waals surface area contributed by atoms with Crippen LogP contribution in [0, 0.1) is 19.9 Å². The third-order valence-corrected chi connectivity index (χ3v) is 6.14. The third kappa shape index (κ3) is 4.12. The molecule has 0 N–H and O–H groups in total. The van der Waals surface area contributed by atoms with Crippen LogP contribution in [0.5, 0.6) is 0 Å². The van der Waals surface area contributed by atoms with E-state index >= 15 is 0 Å². The second-order valence-corrected chi connectivity index (χ2v) is 8.42. The van der Waals surface area contributed by atoms with Crippen molar-refractivity contribution < 1.29 is 20.1 Å². The maximum atomic E-state index is 4.55. The Labute approximate surface area is 217 Å². The minimum atomic E-state index is 0. The summed E-state index contributed by atoms with van der Waals surface area (Å²) in [4.78, 5) is 4.55. The first kappa shape index (κ1) is 22.9. The zero-order valence-corrected chi connectivity index (χ0v) is 21.7. The maximum Gasteiger partial charge on any atom is 0.114 e. The van der Waals surface area contributed by atoms with Gasteiger partial charge in [0, 0.05) is 37.0 Å². The van der Waals surface area contributed by atoms with Crippen molar-refractivity contribution in [2.45, 2.75) is 13.8 Å². The van der Waals surface area contributed by atoms with Gasteiger partial charge >= 0.3 is 0 Å². The average molecular weight is 633 g/mol. The molecule has 6 heteroatoms. The van der Waals surface area contributed by atoms with Crippen molar-refractivity contribution in [1.29, 1.82) is 0 Å². The molecule has 0 amide bonds. The summed E-state index contributed by atoms with van der Waals surface area (Å²) in [6, 6.07) is 32.5. The Morgan fingerprint density at radius 1 is 0.743 bits per heavy atom. The molecule has 2 heterocycles. The van der Waals surface area contributed by atoms with Crippen LogP contribution < -0.4 is 0 Å². The third-order valence-electron chi connectivity index (χ3n) is 6.14. The van der Waals surface area contributed by atoms with Crippen LogP contribution in [0.25, 0.3) is 44.9 Å². The predicted octanol–water partition coefficient (Wildman–Crippen LogP) is 6.35. The van der Waals surface area contributed by atoms with E-state index in [1.807, 2.05) is 36.7 Å². The van der Waals surface area contributed by atoms with Gasteiger partial charge in [-0.1, -0.05) is 48.5 Å². The van der Waals surface area contributed by atoms with E-state index in [4.69, 9.17) is 0 Å². The first-order valence-corrected chi connectivity index (χ1v) is 11.2. The molecule has 0 aliphatic heterocycles. The van der Waals surface area contributed by atoms with Crippen molar-refractivity contribution in [3.8, 4) is 33.9 Å². The molecule has 0 spiro atoms. The second-order valence-electron chi connectivity index (χ2n) is 8.42. The normalized spacial score (nSPS) is 10.9. The fourth-order valence-electron chi connectivity index (χ4n) is 4.59.